The van der Waals surface area contributed by atoms with Crippen molar-refractivity contribution in [2.45, 2.75) is 31.1 Å². The van der Waals surface area contributed by atoms with E-state index in [0.29, 0.717) is 11.8 Å². The molecule has 0 bridgehead atoms. The van der Waals surface area contributed by atoms with Gasteiger partial charge in [-0.05, 0) is 73.0 Å². The summed E-state index contributed by atoms with van der Waals surface area (Å²) in [5, 5.41) is 3.40. The molecule has 2 fully saturated rings. The van der Waals surface area contributed by atoms with E-state index in [9.17, 15) is 4.79 Å². The first-order valence-corrected chi connectivity index (χ1v) is 9.31. The zero-order chi connectivity index (χ0) is 17.1. The summed E-state index contributed by atoms with van der Waals surface area (Å²) in [6.07, 6.45) is 6.94. The van der Waals surface area contributed by atoms with Crippen LogP contribution in [-0.4, -0.2) is 42.0 Å². The van der Waals surface area contributed by atoms with Gasteiger partial charge in [0.05, 0.1) is 0 Å². The smallest absolute Gasteiger partial charge is 0.253 e. The zero-order valence-corrected chi connectivity index (χ0v) is 14.5. The molecule has 0 spiro atoms. The van der Waals surface area contributed by atoms with E-state index < -0.39 is 0 Å². The molecule has 0 saturated carbocycles. The molecule has 1 aromatic carbocycles. The fraction of sp³-hybridized carbons (Fsp3) is 0.429. The molecule has 2 aliphatic heterocycles. The number of likely N-dealkylation sites (tertiary alicyclic amines) is 1. The number of hydrogen-bond donors (Lipinski definition) is 1. The standard InChI is InChI=1S/C21H25N3O/c25-21(19-3-1-2-18(14-19)20-6-11-23-15-20)24-12-7-17(8-13-24)16-4-9-22-10-5-16/h1-5,9-10,14,17,20,23H,6-8,11-13,15H2/t20-/m0/s1. The van der Waals surface area contributed by atoms with Crippen LogP contribution in [0.4, 0.5) is 0 Å². The lowest BCUT2D eigenvalue weighted by molar-refractivity contribution is 0.0713. The first-order chi connectivity index (χ1) is 12.3. The summed E-state index contributed by atoms with van der Waals surface area (Å²) in [6, 6.07) is 12.5. The number of piperidine rings is 1. The number of carbonyl (C=O) groups excluding carboxylic acids is 1. The second-order valence-corrected chi connectivity index (χ2v) is 7.16. The Bertz CT molecular complexity index is 717. The summed E-state index contributed by atoms with van der Waals surface area (Å²) in [6.45, 7) is 3.77. The van der Waals surface area contributed by atoms with Gasteiger partial charge < -0.3 is 10.2 Å². The van der Waals surface area contributed by atoms with Crippen LogP contribution >= 0.6 is 0 Å². The minimum Gasteiger partial charge on any atom is -0.339 e. The number of nitrogens with one attached hydrogen (secondary N) is 1. The van der Waals surface area contributed by atoms with Gasteiger partial charge in [-0.1, -0.05) is 12.1 Å². The second kappa shape index (κ2) is 7.36. The van der Waals surface area contributed by atoms with Crippen molar-refractivity contribution in [3.05, 3.63) is 65.5 Å². The van der Waals surface area contributed by atoms with Gasteiger partial charge >= 0.3 is 0 Å². The number of amides is 1. The second-order valence-electron chi connectivity index (χ2n) is 7.16. The molecule has 0 aliphatic carbocycles. The molecule has 1 atom stereocenters. The van der Waals surface area contributed by atoms with Gasteiger partial charge in [-0.15, -0.1) is 0 Å². The number of benzene rings is 1. The quantitative estimate of drug-likeness (QED) is 0.937. The molecule has 1 N–H and O–H groups in total. The summed E-state index contributed by atoms with van der Waals surface area (Å²) < 4.78 is 0. The zero-order valence-electron chi connectivity index (χ0n) is 14.5. The van der Waals surface area contributed by atoms with E-state index in [1.165, 1.54) is 11.1 Å². The number of carbonyl (C=O) groups is 1. The number of rotatable bonds is 3. The van der Waals surface area contributed by atoms with Crippen LogP contribution in [0.2, 0.25) is 0 Å². The Morgan fingerprint density at radius 3 is 2.52 bits per heavy atom. The molecule has 0 radical (unpaired) electrons. The maximum Gasteiger partial charge on any atom is 0.253 e. The summed E-state index contributed by atoms with van der Waals surface area (Å²) in [5.41, 5.74) is 3.48. The van der Waals surface area contributed by atoms with Gasteiger partial charge in [0.25, 0.3) is 5.91 Å². The van der Waals surface area contributed by atoms with Gasteiger partial charge in [0.2, 0.25) is 0 Å². The molecule has 4 nitrogen and oxygen atoms in total. The van der Waals surface area contributed by atoms with E-state index >= 15 is 0 Å². The van der Waals surface area contributed by atoms with Crippen molar-refractivity contribution in [2.24, 2.45) is 0 Å². The van der Waals surface area contributed by atoms with Crippen molar-refractivity contribution in [2.75, 3.05) is 26.2 Å². The average molecular weight is 335 g/mol. The molecular weight excluding hydrogens is 310 g/mol. The molecule has 1 amide bonds. The maximum atomic E-state index is 12.9. The topological polar surface area (TPSA) is 45.2 Å². The fourth-order valence-electron chi connectivity index (χ4n) is 4.10. The maximum absolute atomic E-state index is 12.9. The molecule has 2 saturated heterocycles. The molecule has 4 heteroatoms. The highest BCUT2D eigenvalue weighted by Gasteiger charge is 2.25. The van der Waals surface area contributed by atoms with Gasteiger partial charge in [0.1, 0.15) is 0 Å². The molecule has 25 heavy (non-hydrogen) atoms. The molecular formula is C21H25N3O. The Labute approximate surface area is 149 Å². The van der Waals surface area contributed by atoms with Crippen LogP contribution in [0.1, 0.15) is 52.6 Å². The molecule has 3 heterocycles. The van der Waals surface area contributed by atoms with E-state index in [-0.39, 0.29) is 5.91 Å². The van der Waals surface area contributed by atoms with Crippen LogP contribution in [0.5, 0.6) is 0 Å². The van der Waals surface area contributed by atoms with Gasteiger partial charge in [-0.25, -0.2) is 0 Å². The van der Waals surface area contributed by atoms with Crippen molar-refractivity contribution in [1.82, 2.24) is 15.2 Å². The van der Waals surface area contributed by atoms with Crippen LogP contribution in [0, 0.1) is 0 Å². The van der Waals surface area contributed by atoms with Crippen molar-refractivity contribution in [3.63, 3.8) is 0 Å². The Morgan fingerprint density at radius 2 is 1.80 bits per heavy atom. The lowest BCUT2D eigenvalue weighted by atomic mass is 9.89. The third-order valence-electron chi connectivity index (χ3n) is 5.62. The molecule has 0 unspecified atom stereocenters. The SMILES string of the molecule is O=C(c1cccc([C@H]2CCNC2)c1)N1CCC(c2ccncc2)CC1. The first-order valence-electron chi connectivity index (χ1n) is 9.31. The van der Waals surface area contributed by atoms with E-state index in [4.69, 9.17) is 0 Å². The Kier molecular flexibility index (Phi) is 4.79. The highest BCUT2D eigenvalue weighted by molar-refractivity contribution is 5.94. The minimum atomic E-state index is 0.181. The van der Waals surface area contributed by atoms with Gasteiger partial charge in [-0.3, -0.25) is 9.78 Å². The van der Waals surface area contributed by atoms with Gasteiger partial charge in [0, 0.05) is 37.6 Å². The normalized spacial score (nSPS) is 21.4. The monoisotopic (exact) mass is 335 g/mol. The lowest BCUT2D eigenvalue weighted by Crippen LogP contribution is -2.38. The molecule has 4 rings (SSSR count). The number of pyridine rings is 1. The van der Waals surface area contributed by atoms with Crippen LogP contribution in [0.25, 0.3) is 0 Å². The van der Waals surface area contributed by atoms with E-state index in [0.717, 1.165) is 51.0 Å². The van der Waals surface area contributed by atoms with Crippen LogP contribution in [0.3, 0.4) is 0 Å². The third kappa shape index (κ3) is 3.59. The van der Waals surface area contributed by atoms with E-state index in [1.807, 2.05) is 29.4 Å². The average Bonchev–Trinajstić information content (AvgIpc) is 3.23. The Hall–Kier alpha value is -2.20. The predicted molar refractivity (Wildman–Crippen MR) is 98.8 cm³/mol. The highest BCUT2D eigenvalue weighted by Crippen LogP contribution is 2.29. The molecule has 2 aliphatic rings. The van der Waals surface area contributed by atoms with E-state index in [1.54, 1.807) is 0 Å². The predicted octanol–water partition coefficient (Wildman–Crippen LogP) is 3.18. The largest absolute Gasteiger partial charge is 0.339 e. The van der Waals surface area contributed by atoms with Gasteiger partial charge in [0.15, 0.2) is 0 Å². The summed E-state index contributed by atoms with van der Waals surface area (Å²) in [7, 11) is 0. The number of nitrogens with zero attached hydrogens (tertiary/aromatic N) is 2. The minimum absolute atomic E-state index is 0.181. The number of aromatic nitrogens is 1. The summed E-state index contributed by atoms with van der Waals surface area (Å²) in [5.74, 6) is 1.27. The Morgan fingerprint density at radius 1 is 1.00 bits per heavy atom. The van der Waals surface area contributed by atoms with Crippen molar-refractivity contribution < 1.29 is 4.79 Å². The summed E-state index contributed by atoms with van der Waals surface area (Å²) >= 11 is 0. The first kappa shape index (κ1) is 16.3. The van der Waals surface area contributed by atoms with Crippen LogP contribution in [0.15, 0.2) is 48.8 Å². The van der Waals surface area contributed by atoms with Crippen molar-refractivity contribution >= 4 is 5.91 Å². The van der Waals surface area contributed by atoms with E-state index in [2.05, 4.69) is 34.6 Å². The molecule has 130 valence electrons. The fourth-order valence-corrected chi connectivity index (χ4v) is 4.10. The third-order valence-corrected chi connectivity index (χ3v) is 5.62. The van der Waals surface area contributed by atoms with Crippen molar-refractivity contribution in [3.8, 4) is 0 Å². The lowest BCUT2D eigenvalue weighted by Gasteiger charge is -2.32. The molecule has 1 aromatic heterocycles. The van der Waals surface area contributed by atoms with Crippen LogP contribution < -0.4 is 5.32 Å². The van der Waals surface area contributed by atoms with Gasteiger partial charge in [-0.2, -0.15) is 0 Å². The van der Waals surface area contributed by atoms with Crippen LogP contribution in [-0.2, 0) is 0 Å². The summed E-state index contributed by atoms with van der Waals surface area (Å²) in [4.78, 5) is 19.0. The Balaban J connectivity index is 1.41. The highest BCUT2D eigenvalue weighted by atomic mass is 16.2. The number of hydrogen-bond acceptors (Lipinski definition) is 3. The molecule has 2 aromatic rings. The van der Waals surface area contributed by atoms with Crippen molar-refractivity contribution in [1.29, 1.82) is 0 Å².